The number of hydrogen-bond acceptors (Lipinski definition) is 4. The summed E-state index contributed by atoms with van der Waals surface area (Å²) in [6.07, 6.45) is 1.86. The highest BCUT2D eigenvalue weighted by Gasteiger charge is 2.17. The van der Waals surface area contributed by atoms with E-state index in [1.54, 1.807) is 0 Å². The minimum absolute atomic E-state index is 0.00815. The summed E-state index contributed by atoms with van der Waals surface area (Å²) in [6.45, 7) is 19.9. The van der Waals surface area contributed by atoms with E-state index in [-0.39, 0.29) is 5.91 Å². The van der Waals surface area contributed by atoms with Crippen molar-refractivity contribution in [1.82, 2.24) is 20.1 Å². The molecule has 26 heavy (non-hydrogen) atoms. The summed E-state index contributed by atoms with van der Waals surface area (Å²) in [4.78, 5) is 25.0. The number of rotatable bonds is 12. The standard InChI is InChI=1S/C20H37N5O/c1-7-24(8-2)13-11-21-15-18-16(5)19(17(6)23-18)20(26)22-12-14-25(9-3)10-4/h15,23H,7-14H2,1-6H3,(H,22,26). The van der Waals surface area contributed by atoms with Crippen LogP contribution in [0.5, 0.6) is 0 Å². The van der Waals surface area contributed by atoms with Crippen molar-refractivity contribution in [2.24, 2.45) is 4.99 Å². The molecule has 2 N–H and O–H groups in total. The zero-order valence-electron chi connectivity index (χ0n) is 17.5. The van der Waals surface area contributed by atoms with Crippen LogP contribution in [-0.2, 0) is 0 Å². The molecule has 0 radical (unpaired) electrons. The maximum atomic E-state index is 12.6. The van der Waals surface area contributed by atoms with Gasteiger partial charge < -0.3 is 20.1 Å². The third-order valence-electron chi connectivity index (χ3n) is 4.97. The molecule has 0 bridgehead atoms. The number of amides is 1. The lowest BCUT2D eigenvalue weighted by Crippen LogP contribution is -2.35. The van der Waals surface area contributed by atoms with Crippen LogP contribution in [0.15, 0.2) is 4.99 Å². The molecule has 1 amide bonds. The van der Waals surface area contributed by atoms with Crippen molar-refractivity contribution in [2.45, 2.75) is 41.5 Å². The highest BCUT2D eigenvalue weighted by atomic mass is 16.1. The fraction of sp³-hybridized carbons (Fsp3) is 0.700. The Morgan fingerprint density at radius 3 is 2.19 bits per heavy atom. The van der Waals surface area contributed by atoms with Crippen molar-refractivity contribution in [3.8, 4) is 0 Å². The second kappa shape index (κ2) is 11.9. The van der Waals surface area contributed by atoms with Gasteiger partial charge in [0.1, 0.15) is 0 Å². The average Bonchev–Trinajstić information content (AvgIpc) is 2.92. The summed E-state index contributed by atoms with van der Waals surface area (Å²) in [5.74, 6) is -0.00815. The highest BCUT2D eigenvalue weighted by molar-refractivity contribution is 5.99. The van der Waals surface area contributed by atoms with E-state index in [1.165, 1.54) is 0 Å². The summed E-state index contributed by atoms with van der Waals surface area (Å²) in [6, 6.07) is 0. The summed E-state index contributed by atoms with van der Waals surface area (Å²) in [5.41, 5.74) is 3.54. The van der Waals surface area contributed by atoms with Crippen molar-refractivity contribution in [2.75, 3.05) is 52.4 Å². The van der Waals surface area contributed by atoms with Crippen LogP contribution in [0.4, 0.5) is 0 Å². The fourth-order valence-electron chi connectivity index (χ4n) is 3.09. The van der Waals surface area contributed by atoms with E-state index in [1.807, 2.05) is 20.1 Å². The lowest BCUT2D eigenvalue weighted by Gasteiger charge is -2.18. The van der Waals surface area contributed by atoms with Crippen molar-refractivity contribution in [1.29, 1.82) is 0 Å². The molecule has 0 aliphatic heterocycles. The maximum absolute atomic E-state index is 12.6. The largest absolute Gasteiger partial charge is 0.357 e. The zero-order valence-corrected chi connectivity index (χ0v) is 17.5. The smallest absolute Gasteiger partial charge is 0.253 e. The quantitative estimate of drug-likeness (QED) is 0.561. The van der Waals surface area contributed by atoms with Crippen molar-refractivity contribution < 1.29 is 4.79 Å². The van der Waals surface area contributed by atoms with Gasteiger partial charge in [-0.3, -0.25) is 9.79 Å². The van der Waals surface area contributed by atoms with E-state index < -0.39 is 0 Å². The van der Waals surface area contributed by atoms with E-state index in [9.17, 15) is 4.79 Å². The molecule has 0 fully saturated rings. The SMILES string of the molecule is CCN(CC)CCN=Cc1[nH]c(C)c(C(=O)NCCN(CC)CC)c1C. The zero-order chi connectivity index (χ0) is 19.5. The number of H-pyrrole nitrogens is 1. The molecule has 0 saturated heterocycles. The number of aliphatic imine (C=N–C) groups is 1. The van der Waals surface area contributed by atoms with Gasteiger partial charge in [-0.05, 0) is 45.6 Å². The van der Waals surface area contributed by atoms with Gasteiger partial charge in [0.2, 0.25) is 0 Å². The van der Waals surface area contributed by atoms with Gasteiger partial charge in [0, 0.05) is 31.5 Å². The molecule has 6 heteroatoms. The van der Waals surface area contributed by atoms with E-state index >= 15 is 0 Å². The molecule has 0 aliphatic carbocycles. The minimum Gasteiger partial charge on any atom is -0.357 e. The Labute approximate surface area is 159 Å². The van der Waals surface area contributed by atoms with Crippen LogP contribution < -0.4 is 5.32 Å². The van der Waals surface area contributed by atoms with Crippen molar-refractivity contribution in [3.63, 3.8) is 0 Å². The van der Waals surface area contributed by atoms with Crippen LogP contribution in [0.1, 0.15) is 55.0 Å². The predicted molar refractivity (Wildman–Crippen MR) is 111 cm³/mol. The number of carbonyl (C=O) groups excluding carboxylic acids is 1. The van der Waals surface area contributed by atoms with Gasteiger partial charge in [-0.25, -0.2) is 0 Å². The lowest BCUT2D eigenvalue weighted by atomic mass is 10.1. The van der Waals surface area contributed by atoms with E-state index in [2.05, 4.69) is 52.8 Å². The number of aromatic amines is 1. The topological polar surface area (TPSA) is 63.7 Å². The Morgan fingerprint density at radius 2 is 1.62 bits per heavy atom. The molecule has 1 aromatic rings. The molecule has 6 nitrogen and oxygen atoms in total. The Hall–Kier alpha value is -1.66. The maximum Gasteiger partial charge on any atom is 0.253 e. The van der Waals surface area contributed by atoms with Gasteiger partial charge in [-0.2, -0.15) is 0 Å². The normalized spacial score (nSPS) is 11.8. The van der Waals surface area contributed by atoms with Crippen LogP contribution in [0.25, 0.3) is 0 Å². The van der Waals surface area contributed by atoms with Gasteiger partial charge in [-0.15, -0.1) is 0 Å². The first-order chi connectivity index (χ1) is 12.5. The van der Waals surface area contributed by atoms with E-state index in [0.29, 0.717) is 6.54 Å². The highest BCUT2D eigenvalue weighted by Crippen LogP contribution is 2.16. The molecule has 0 aromatic carbocycles. The summed E-state index contributed by atoms with van der Waals surface area (Å²) in [7, 11) is 0. The molecular formula is C20H37N5O. The third kappa shape index (κ3) is 6.57. The van der Waals surface area contributed by atoms with Gasteiger partial charge in [0.15, 0.2) is 0 Å². The number of nitrogens with one attached hydrogen (secondary N) is 2. The average molecular weight is 364 g/mol. The van der Waals surface area contributed by atoms with Crippen LogP contribution >= 0.6 is 0 Å². The Balaban J connectivity index is 2.64. The summed E-state index contributed by atoms with van der Waals surface area (Å²) < 4.78 is 0. The Kier molecular flexibility index (Phi) is 10.2. The number of likely N-dealkylation sites (N-methyl/N-ethyl adjacent to an activating group) is 2. The molecule has 0 saturated carbocycles. The van der Waals surface area contributed by atoms with Gasteiger partial charge >= 0.3 is 0 Å². The molecule has 0 aliphatic rings. The summed E-state index contributed by atoms with van der Waals surface area (Å²) >= 11 is 0. The number of aryl methyl sites for hydroxylation is 1. The first-order valence-corrected chi connectivity index (χ1v) is 9.90. The molecule has 0 atom stereocenters. The minimum atomic E-state index is -0.00815. The van der Waals surface area contributed by atoms with Gasteiger partial charge in [0.05, 0.1) is 17.8 Å². The molecule has 0 spiro atoms. The molecule has 0 unspecified atom stereocenters. The van der Waals surface area contributed by atoms with E-state index in [0.717, 1.165) is 68.3 Å². The molecule has 1 rings (SSSR count). The van der Waals surface area contributed by atoms with Crippen molar-refractivity contribution in [3.05, 3.63) is 22.5 Å². The second-order valence-electron chi connectivity index (χ2n) is 6.51. The number of hydrogen-bond donors (Lipinski definition) is 2. The second-order valence-corrected chi connectivity index (χ2v) is 6.51. The number of aromatic nitrogens is 1. The first-order valence-electron chi connectivity index (χ1n) is 9.90. The fourth-order valence-corrected chi connectivity index (χ4v) is 3.09. The number of carbonyl (C=O) groups is 1. The van der Waals surface area contributed by atoms with Crippen LogP contribution in [0, 0.1) is 13.8 Å². The van der Waals surface area contributed by atoms with Gasteiger partial charge in [0.25, 0.3) is 5.91 Å². The third-order valence-corrected chi connectivity index (χ3v) is 4.97. The number of nitrogens with zero attached hydrogens (tertiary/aromatic N) is 3. The predicted octanol–water partition coefficient (Wildman–Crippen LogP) is 2.46. The molecular weight excluding hydrogens is 326 g/mol. The first kappa shape index (κ1) is 22.4. The Morgan fingerprint density at radius 1 is 1.04 bits per heavy atom. The summed E-state index contributed by atoms with van der Waals surface area (Å²) in [5, 5.41) is 3.04. The van der Waals surface area contributed by atoms with Crippen LogP contribution in [0.3, 0.4) is 0 Å². The van der Waals surface area contributed by atoms with E-state index in [4.69, 9.17) is 0 Å². The lowest BCUT2D eigenvalue weighted by molar-refractivity contribution is 0.0948. The van der Waals surface area contributed by atoms with Crippen LogP contribution in [0.2, 0.25) is 0 Å². The molecule has 148 valence electrons. The Bertz CT molecular complexity index is 571. The molecule has 1 aromatic heterocycles. The van der Waals surface area contributed by atoms with Crippen molar-refractivity contribution >= 4 is 12.1 Å². The monoisotopic (exact) mass is 363 g/mol. The van der Waals surface area contributed by atoms with Gasteiger partial charge in [-0.1, -0.05) is 27.7 Å². The molecule has 1 heterocycles. The van der Waals surface area contributed by atoms with Crippen LogP contribution in [-0.4, -0.2) is 79.3 Å².